The standard InChI is InChI=1S/C14H22N2O2S.ClH/c1-9-7-10(2)12(4)14(11(9)3)19(17,18)16-6-5-13(15)8-16;/h7,13H,5-6,8,15H2,1-4H3;1H/t13-;/m0./s1. The molecule has 1 aliphatic rings. The second-order valence-electron chi connectivity index (χ2n) is 5.50. The number of sulfonamides is 1. The minimum Gasteiger partial charge on any atom is -0.326 e. The second kappa shape index (κ2) is 6.02. The minimum atomic E-state index is -3.42. The van der Waals surface area contributed by atoms with E-state index in [9.17, 15) is 8.42 Å². The Hall–Kier alpha value is -0.620. The van der Waals surface area contributed by atoms with E-state index >= 15 is 0 Å². The largest absolute Gasteiger partial charge is 0.326 e. The normalized spacial score (nSPS) is 19.9. The summed E-state index contributed by atoms with van der Waals surface area (Å²) in [5, 5.41) is 0. The second-order valence-corrected chi connectivity index (χ2v) is 7.38. The maximum atomic E-state index is 12.8. The predicted molar refractivity (Wildman–Crippen MR) is 84.0 cm³/mol. The van der Waals surface area contributed by atoms with E-state index in [0.29, 0.717) is 18.0 Å². The zero-order chi connectivity index (χ0) is 14.4. The van der Waals surface area contributed by atoms with E-state index in [1.165, 1.54) is 4.31 Å². The summed E-state index contributed by atoms with van der Waals surface area (Å²) in [6, 6.07) is 2.00. The molecule has 1 heterocycles. The van der Waals surface area contributed by atoms with Crippen molar-refractivity contribution >= 4 is 22.4 Å². The molecule has 0 unspecified atom stereocenters. The topological polar surface area (TPSA) is 63.4 Å². The van der Waals surface area contributed by atoms with Crippen LogP contribution in [0.5, 0.6) is 0 Å². The molecule has 1 aromatic carbocycles. The third-order valence-electron chi connectivity index (χ3n) is 4.08. The number of aryl methyl sites for hydroxylation is 2. The van der Waals surface area contributed by atoms with E-state index < -0.39 is 10.0 Å². The van der Waals surface area contributed by atoms with Crippen LogP contribution in [0.25, 0.3) is 0 Å². The van der Waals surface area contributed by atoms with Crippen molar-refractivity contribution in [2.45, 2.75) is 45.1 Å². The summed E-state index contributed by atoms with van der Waals surface area (Å²) >= 11 is 0. The smallest absolute Gasteiger partial charge is 0.243 e. The number of hydrogen-bond acceptors (Lipinski definition) is 3. The Morgan fingerprint density at radius 1 is 1.15 bits per heavy atom. The Kier molecular flexibility index (Phi) is 5.24. The quantitative estimate of drug-likeness (QED) is 0.908. The van der Waals surface area contributed by atoms with E-state index in [4.69, 9.17) is 5.73 Å². The lowest BCUT2D eigenvalue weighted by atomic mass is 10.0. The van der Waals surface area contributed by atoms with Crippen LogP contribution in [0.3, 0.4) is 0 Å². The first-order valence-electron chi connectivity index (χ1n) is 6.58. The fourth-order valence-corrected chi connectivity index (χ4v) is 4.76. The van der Waals surface area contributed by atoms with Crippen LogP contribution < -0.4 is 5.73 Å². The maximum Gasteiger partial charge on any atom is 0.243 e. The van der Waals surface area contributed by atoms with Crippen LogP contribution in [0.15, 0.2) is 11.0 Å². The Morgan fingerprint density at radius 2 is 1.65 bits per heavy atom. The van der Waals surface area contributed by atoms with Gasteiger partial charge in [0.1, 0.15) is 0 Å². The van der Waals surface area contributed by atoms with Gasteiger partial charge in [0.15, 0.2) is 0 Å². The molecular weight excluding hydrogens is 296 g/mol. The van der Waals surface area contributed by atoms with Crippen LogP contribution in [0.1, 0.15) is 28.7 Å². The highest BCUT2D eigenvalue weighted by Gasteiger charge is 2.33. The summed E-state index contributed by atoms with van der Waals surface area (Å²) in [5.41, 5.74) is 9.57. The Balaban J connectivity index is 0.00000200. The van der Waals surface area contributed by atoms with Gasteiger partial charge in [0.2, 0.25) is 10.0 Å². The molecule has 0 amide bonds. The minimum absolute atomic E-state index is 0. The Bertz CT molecular complexity index is 588. The fraction of sp³-hybridized carbons (Fsp3) is 0.571. The maximum absolute atomic E-state index is 12.8. The Labute approximate surface area is 127 Å². The van der Waals surface area contributed by atoms with Crippen molar-refractivity contribution in [3.05, 3.63) is 28.3 Å². The summed E-state index contributed by atoms with van der Waals surface area (Å²) in [7, 11) is -3.42. The van der Waals surface area contributed by atoms with E-state index in [1.807, 2.05) is 33.8 Å². The molecule has 0 radical (unpaired) electrons. The van der Waals surface area contributed by atoms with Crippen LogP contribution in [0, 0.1) is 27.7 Å². The molecule has 1 aliphatic heterocycles. The van der Waals surface area contributed by atoms with Crippen LogP contribution in [0.2, 0.25) is 0 Å². The summed E-state index contributed by atoms with van der Waals surface area (Å²) in [6.07, 6.45) is 0.738. The molecule has 1 fully saturated rings. The lowest BCUT2D eigenvalue weighted by molar-refractivity contribution is 0.471. The average Bonchev–Trinajstić information content (AvgIpc) is 2.74. The molecular formula is C14H23ClN2O2S. The first-order valence-corrected chi connectivity index (χ1v) is 8.02. The summed E-state index contributed by atoms with van der Waals surface area (Å²) < 4.78 is 27.1. The molecule has 0 aromatic heterocycles. The van der Waals surface area contributed by atoms with E-state index in [-0.39, 0.29) is 18.4 Å². The van der Waals surface area contributed by atoms with Crippen LogP contribution in [0.4, 0.5) is 0 Å². The van der Waals surface area contributed by atoms with Crippen LogP contribution in [-0.4, -0.2) is 31.9 Å². The van der Waals surface area contributed by atoms with Crippen LogP contribution in [-0.2, 0) is 10.0 Å². The van der Waals surface area contributed by atoms with Crippen molar-refractivity contribution in [3.63, 3.8) is 0 Å². The first kappa shape index (κ1) is 17.4. The Morgan fingerprint density at radius 3 is 2.05 bits per heavy atom. The number of hydrogen-bond donors (Lipinski definition) is 1. The lowest BCUT2D eigenvalue weighted by Crippen LogP contribution is -2.33. The van der Waals surface area contributed by atoms with Crippen molar-refractivity contribution < 1.29 is 8.42 Å². The fourth-order valence-electron chi connectivity index (χ4n) is 2.67. The molecule has 6 heteroatoms. The van der Waals surface area contributed by atoms with Gasteiger partial charge in [-0.25, -0.2) is 8.42 Å². The van der Waals surface area contributed by atoms with Gasteiger partial charge in [0.25, 0.3) is 0 Å². The van der Waals surface area contributed by atoms with Gasteiger partial charge in [-0.2, -0.15) is 4.31 Å². The molecule has 4 nitrogen and oxygen atoms in total. The van der Waals surface area contributed by atoms with E-state index in [2.05, 4.69) is 0 Å². The van der Waals surface area contributed by atoms with E-state index in [1.54, 1.807) is 0 Å². The van der Waals surface area contributed by atoms with Gasteiger partial charge in [-0.1, -0.05) is 6.07 Å². The molecule has 2 N–H and O–H groups in total. The highest BCUT2D eigenvalue weighted by Crippen LogP contribution is 2.30. The molecule has 1 atom stereocenters. The summed E-state index contributed by atoms with van der Waals surface area (Å²) in [4.78, 5) is 0.471. The van der Waals surface area contributed by atoms with Gasteiger partial charge in [-0.15, -0.1) is 12.4 Å². The van der Waals surface area contributed by atoms with Gasteiger partial charge < -0.3 is 5.73 Å². The van der Waals surface area contributed by atoms with Gasteiger partial charge in [0.05, 0.1) is 4.90 Å². The monoisotopic (exact) mass is 318 g/mol. The van der Waals surface area contributed by atoms with Gasteiger partial charge in [-0.05, 0) is 56.4 Å². The molecule has 0 bridgehead atoms. The number of nitrogens with two attached hydrogens (primary N) is 1. The zero-order valence-corrected chi connectivity index (χ0v) is 14.1. The zero-order valence-electron chi connectivity index (χ0n) is 12.4. The van der Waals surface area contributed by atoms with Crippen LogP contribution >= 0.6 is 12.4 Å². The highest BCUT2D eigenvalue weighted by molar-refractivity contribution is 7.89. The lowest BCUT2D eigenvalue weighted by Gasteiger charge is -2.21. The number of halogens is 1. The van der Waals surface area contributed by atoms with Crippen molar-refractivity contribution in [3.8, 4) is 0 Å². The molecule has 20 heavy (non-hydrogen) atoms. The number of rotatable bonds is 2. The summed E-state index contributed by atoms with van der Waals surface area (Å²) in [6.45, 7) is 8.62. The van der Waals surface area contributed by atoms with Gasteiger partial charge >= 0.3 is 0 Å². The van der Waals surface area contributed by atoms with Crippen molar-refractivity contribution in [2.75, 3.05) is 13.1 Å². The van der Waals surface area contributed by atoms with Crippen molar-refractivity contribution in [1.82, 2.24) is 4.31 Å². The average molecular weight is 319 g/mol. The number of nitrogens with zero attached hydrogens (tertiary/aromatic N) is 1. The summed E-state index contributed by atoms with van der Waals surface area (Å²) in [5.74, 6) is 0. The molecule has 114 valence electrons. The molecule has 1 aromatic rings. The van der Waals surface area contributed by atoms with E-state index in [0.717, 1.165) is 28.7 Å². The van der Waals surface area contributed by atoms with Crippen molar-refractivity contribution in [2.24, 2.45) is 5.73 Å². The predicted octanol–water partition coefficient (Wildman–Crippen LogP) is 2.06. The highest BCUT2D eigenvalue weighted by atomic mass is 35.5. The van der Waals surface area contributed by atoms with Gasteiger partial charge in [-0.3, -0.25) is 0 Å². The molecule has 0 saturated carbocycles. The molecule has 0 aliphatic carbocycles. The van der Waals surface area contributed by atoms with Crippen molar-refractivity contribution in [1.29, 1.82) is 0 Å². The first-order chi connectivity index (χ1) is 8.75. The molecule has 1 saturated heterocycles. The third-order valence-corrected chi connectivity index (χ3v) is 6.22. The SMILES string of the molecule is Cc1cc(C)c(C)c(S(=O)(=O)N2CC[C@H](N)C2)c1C.Cl. The molecule has 2 rings (SSSR count). The molecule has 0 spiro atoms. The number of benzene rings is 1. The third kappa shape index (κ3) is 2.86. The van der Waals surface area contributed by atoms with Gasteiger partial charge in [0, 0.05) is 19.1 Å².